The molecule has 0 N–H and O–H groups in total. The SMILES string of the molecule is C=CC(=O)OCc1ccc(C(=O)c2ccccc2)cc1.C=CC[N+](C)(C)CC.[Cl-]. The van der Waals surface area contributed by atoms with Crippen LogP contribution in [0, 0.1) is 0 Å². The lowest BCUT2D eigenvalue weighted by molar-refractivity contribution is -0.882. The van der Waals surface area contributed by atoms with Crippen molar-refractivity contribution in [3.8, 4) is 0 Å². The van der Waals surface area contributed by atoms with Crippen molar-refractivity contribution in [1.29, 1.82) is 0 Å². The summed E-state index contributed by atoms with van der Waals surface area (Å²) in [6.07, 6.45) is 3.08. The second kappa shape index (κ2) is 13.5. The number of benzene rings is 2. The van der Waals surface area contributed by atoms with Crippen molar-refractivity contribution in [1.82, 2.24) is 0 Å². The highest BCUT2D eigenvalue weighted by molar-refractivity contribution is 6.08. The van der Waals surface area contributed by atoms with Gasteiger partial charge in [0.05, 0.1) is 27.2 Å². The van der Waals surface area contributed by atoms with Gasteiger partial charge in [0, 0.05) is 17.2 Å². The molecule has 0 aliphatic rings. The Hall–Kier alpha value is -2.69. The Morgan fingerprint density at radius 2 is 1.52 bits per heavy atom. The molecule has 0 atom stereocenters. The summed E-state index contributed by atoms with van der Waals surface area (Å²) in [6.45, 7) is 11.6. The fourth-order valence-corrected chi connectivity index (χ4v) is 2.20. The van der Waals surface area contributed by atoms with Crippen LogP contribution in [-0.4, -0.2) is 43.4 Å². The molecule has 4 nitrogen and oxygen atoms in total. The third-order valence-electron chi connectivity index (χ3n) is 4.28. The average Bonchev–Trinajstić information content (AvgIpc) is 2.73. The fourth-order valence-electron chi connectivity index (χ4n) is 2.20. The van der Waals surface area contributed by atoms with Crippen molar-refractivity contribution in [3.05, 3.63) is 96.6 Å². The molecule has 2 aromatic rings. The maximum absolute atomic E-state index is 12.2. The number of quaternary nitrogens is 1. The van der Waals surface area contributed by atoms with Crippen molar-refractivity contribution in [2.75, 3.05) is 27.2 Å². The van der Waals surface area contributed by atoms with E-state index < -0.39 is 5.97 Å². The topological polar surface area (TPSA) is 43.4 Å². The number of likely N-dealkylation sites (N-methyl/N-ethyl adjacent to an activating group) is 1. The number of ether oxygens (including phenoxy) is 1. The lowest BCUT2D eigenvalue weighted by Gasteiger charge is -2.26. The monoisotopic (exact) mass is 415 g/mol. The molecule has 2 aromatic carbocycles. The highest BCUT2D eigenvalue weighted by Gasteiger charge is 2.08. The van der Waals surface area contributed by atoms with Crippen LogP contribution in [0.3, 0.4) is 0 Å². The Morgan fingerprint density at radius 1 is 0.966 bits per heavy atom. The molecule has 5 heteroatoms. The first kappa shape index (κ1) is 26.3. The summed E-state index contributed by atoms with van der Waals surface area (Å²) in [4.78, 5) is 23.1. The minimum atomic E-state index is -0.463. The number of carbonyl (C=O) groups excluding carboxylic acids is 2. The van der Waals surface area contributed by atoms with Crippen LogP contribution in [0.2, 0.25) is 0 Å². The van der Waals surface area contributed by atoms with E-state index in [0.29, 0.717) is 11.1 Å². The summed E-state index contributed by atoms with van der Waals surface area (Å²) in [7, 11) is 4.39. The summed E-state index contributed by atoms with van der Waals surface area (Å²) in [5.41, 5.74) is 2.08. The number of hydrogen-bond acceptors (Lipinski definition) is 3. The van der Waals surface area contributed by atoms with E-state index in [0.717, 1.165) is 22.7 Å². The maximum Gasteiger partial charge on any atom is 0.330 e. The lowest BCUT2D eigenvalue weighted by atomic mass is 10.0. The van der Waals surface area contributed by atoms with E-state index in [1.165, 1.54) is 6.54 Å². The third kappa shape index (κ3) is 9.88. The van der Waals surface area contributed by atoms with Crippen molar-refractivity contribution in [2.45, 2.75) is 13.5 Å². The number of esters is 1. The van der Waals surface area contributed by atoms with E-state index in [4.69, 9.17) is 4.74 Å². The number of hydrogen-bond donors (Lipinski definition) is 0. The third-order valence-corrected chi connectivity index (χ3v) is 4.28. The summed E-state index contributed by atoms with van der Waals surface area (Å²) >= 11 is 0. The molecule has 2 rings (SSSR count). The summed E-state index contributed by atoms with van der Waals surface area (Å²) in [5, 5.41) is 0. The van der Waals surface area contributed by atoms with Gasteiger partial charge in [-0.05, 0) is 18.6 Å². The molecule has 0 heterocycles. The normalized spacial score (nSPS) is 9.90. The number of nitrogens with zero attached hydrogens (tertiary/aromatic N) is 1. The molecule has 0 saturated carbocycles. The molecule has 0 aliphatic heterocycles. The van der Waals surface area contributed by atoms with Crippen molar-refractivity contribution in [3.63, 3.8) is 0 Å². The van der Waals surface area contributed by atoms with Crippen LogP contribution >= 0.6 is 0 Å². The molecule has 0 aromatic heterocycles. The maximum atomic E-state index is 12.2. The molecule has 0 amide bonds. The van der Waals surface area contributed by atoms with Crippen molar-refractivity contribution >= 4 is 11.8 Å². The van der Waals surface area contributed by atoms with E-state index >= 15 is 0 Å². The highest BCUT2D eigenvalue weighted by Crippen LogP contribution is 2.11. The molecule has 0 radical (unpaired) electrons. The quantitative estimate of drug-likeness (QED) is 0.215. The first-order valence-corrected chi connectivity index (χ1v) is 9.23. The fraction of sp³-hybridized carbons (Fsp3) is 0.250. The first-order valence-electron chi connectivity index (χ1n) is 9.23. The van der Waals surface area contributed by atoms with Gasteiger partial charge in [-0.2, -0.15) is 0 Å². The van der Waals surface area contributed by atoms with Crippen molar-refractivity contribution < 1.29 is 31.2 Å². The van der Waals surface area contributed by atoms with Gasteiger partial charge in [-0.3, -0.25) is 4.79 Å². The Morgan fingerprint density at radius 3 is 1.97 bits per heavy atom. The zero-order valence-electron chi connectivity index (χ0n) is 17.4. The zero-order chi connectivity index (χ0) is 21.0. The number of rotatable bonds is 8. The summed E-state index contributed by atoms with van der Waals surface area (Å²) in [5.74, 6) is -0.491. The van der Waals surface area contributed by atoms with E-state index in [2.05, 4.69) is 34.2 Å². The van der Waals surface area contributed by atoms with Gasteiger partial charge in [-0.25, -0.2) is 4.79 Å². The molecular formula is C24H30ClNO3. The van der Waals surface area contributed by atoms with Crippen LogP contribution in [0.25, 0.3) is 0 Å². The number of halogens is 1. The van der Waals surface area contributed by atoms with Crippen LogP contribution in [-0.2, 0) is 16.1 Å². The van der Waals surface area contributed by atoms with Crippen LogP contribution in [0.1, 0.15) is 28.4 Å². The molecule has 0 bridgehead atoms. The van der Waals surface area contributed by atoms with E-state index in [9.17, 15) is 9.59 Å². The van der Waals surface area contributed by atoms with Gasteiger partial charge in [-0.1, -0.05) is 67.8 Å². The Bertz CT molecular complexity index is 784. The summed E-state index contributed by atoms with van der Waals surface area (Å²) < 4.78 is 5.97. The molecule has 156 valence electrons. The molecular weight excluding hydrogens is 386 g/mol. The minimum absolute atomic E-state index is 0. The smallest absolute Gasteiger partial charge is 0.330 e. The van der Waals surface area contributed by atoms with Gasteiger partial charge in [0.2, 0.25) is 0 Å². The average molecular weight is 416 g/mol. The second-order valence-electron chi connectivity index (χ2n) is 6.93. The van der Waals surface area contributed by atoms with Gasteiger partial charge >= 0.3 is 5.97 Å². The highest BCUT2D eigenvalue weighted by atomic mass is 35.5. The molecule has 0 spiro atoms. The van der Waals surface area contributed by atoms with Gasteiger partial charge in [0.1, 0.15) is 6.61 Å². The van der Waals surface area contributed by atoms with Crippen LogP contribution in [0.4, 0.5) is 0 Å². The molecule has 29 heavy (non-hydrogen) atoms. The Labute approximate surface area is 180 Å². The van der Waals surface area contributed by atoms with Crippen LogP contribution in [0.15, 0.2) is 79.9 Å². The first-order chi connectivity index (χ1) is 13.3. The van der Waals surface area contributed by atoms with Gasteiger partial charge < -0.3 is 21.6 Å². The Kier molecular flexibility index (Phi) is 12.2. The predicted octanol–water partition coefficient (Wildman–Crippen LogP) is 1.42. The molecule has 0 fully saturated rings. The van der Waals surface area contributed by atoms with Crippen LogP contribution in [0.5, 0.6) is 0 Å². The zero-order valence-corrected chi connectivity index (χ0v) is 18.2. The van der Waals surface area contributed by atoms with E-state index in [1.54, 1.807) is 36.4 Å². The van der Waals surface area contributed by atoms with Crippen molar-refractivity contribution in [2.24, 2.45) is 0 Å². The van der Waals surface area contributed by atoms with Gasteiger partial charge in [0.25, 0.3) is 0 Å². The van der Waals surface area contributed by atoms with Gasteiger partial charge in [0.15, 0.2) is 5.78 Å². The lowest BCUT2D eigenvalue weighted by Crippen LogP contribution is -3.00. The number of ketones is 1. The largest absolute Gasteiger partial charge is 1.00 e. The van der Waals surface area contributed by atoms with E-state index in [1.807, 2.05) is 24.3 Å². The summed E-state index contributed by atoms with van der Waals surface area (Å²) in [6, 6.07) is 16.1. The number of carbonyl (C=O) groups is 2. The molecule has 0 saturated heterocycles. The Balaban J connectivity index is 0.000000747. The predicted molar refractivity (Wildman–Crippen MR) is 114 cm³/mol. The molecule has 0 aliphatic carbocycles. The minimum Gasteiger partial charge on any atom is -1.00 e. The van der Waals surface area contributed by atoms with Crippen LogP contribution < -0.4 is 12.4 Å². The van der Waals surface area contributed by atoms with Gasteiger partial charge in [-0.15, -0.1) is 0 Å². The van der Waals surface area contributed by atoms with E-state index in [-0.39, 0.29) is 24.8 Å². The standard InChI is InChI=1S/C17H14O3.C7H16N.ClH/c1-2-16(18)20-12-13-8-10-15(11-9-13)17(19)14-6-4-3-5-7-14;1-5-7-8(3,4)6-2;/h2-11H,1,12H2;5H,1,6-7H2,2-4H3;1H/q;+1;/p-1. The molecule has 0 unspecified atom stereocenters. The second-order valence-corrected chi connectivity index (χ2v) is 6.93.